The summed E-state index contributed by atoms with van der Waals surface area (Å²) < 4.78 is 0. The van der Waals surface area contributed by atoms with Crippen LogP contribution in [0, 0.1) is 11.3 Å². The van der Waals surface area contributed by atoms with Crippen LogP contribution in [-0.4, -0.2) is 15.0 Å². The minimum absolute atomic E-state index is 0.577. The predicted molar refractivity (Wildman–Crippen MR) is 270 cm³/mol. The fourth-order valence-corrected chi connectivity index (χ4v) is 9.59. The molecule has 11 aromatic rings. The fraction of sp³-hybridized carbons (Fsp3) is 0. The SMILES string of the molecule is N#Cc1cccc(-c2ccc(-c3ccc4c(c3)-c3cccc5cccc-4c35)cc2)c1-c1cccc(-c2ccccc2-c2nc(-c3ccccc3)nc(-c3cccc(-c4ccccc4)c3)n2)c1. The van der Waals surface area contributed by atoms with Gasteiger partial charge < -0.3 is 0 Å². The van der Waals surface area contributed by atoms with E-state index in [1.54, 1.807) is 0 Å². The molecule has 12 rings (SSSR count). The molecule has 0 N–H and O–H groups in total. The van der Waals surface area contributed by atoms with Crippen LogP contribution in [0.2, 0.25) is 0 Å². The van der Waals surface area contributed by atoms with E-state index in [0.29, 0.717) is 23.0 Å². The number of hydrogen-bond donors (Lipinski definition) is 0. The van der Waals surface area contributed by atoms with Gasteiger partial charge in [0.25, 0.3) is 0 Å². The molecule has 0 atom stereocenters. The van der Waals surface area contributed by atoms with Crippen molar-refractivity contribution in [3.63, 3.8) is 0 Å². The summed E-state index contributed by atoms with van der Waals surface area (Å²) in [6.07, 6.45) is 0. The number of hydrogen-bond acceptors (Lipinski definition) is 4. The standard InChI is InChI=1S/C62H38N4/c63-39-50-24-13-27-52(42-32-30-41(31-33-42)46-34-35-53-54-28-11-18-43-19-12-29-55(59(43)54)57(53)38-46)58(50)48-22-10-21-47(37-48)51-25-7-8-26-56(51)62-65-60(44-16-5-2-6-17-44)64-61(66-62)49-23-9-20-45(36-49)40-14-3-1-4-15-40/h1-38H. The van der Waals surface area contributed by atoms with Crippen LogP contribution in [0.5, 0.6) is 0 Å². The smallest absolute Gasteiger partial charge is 0.164 e. The summed E-state index contributed by atoms with van der Waals surface area (Å²) in [7, 11) is 0. The maximum Gasteiger partial charge on any atom is 0.164 e. The molecule has 0 bridgehead atoms. The van der Waals surface area contributed by atoms with Gasteiger partial charge in [0, 0.05) is 22.3 Å². The monoisotopic (exact) mass is 838 g/mol. The van der Waals surface area contributed by atoms with E-state index in [1.165, 1.54) is 38.6 Å². The lowest BCUT2D eigenvalue weighted by Crippen LogP contribution is -2.01. The summed E-state index contributed by atoms with van der Waals surface area (Å²) in [4.78, 5) is 15.4. The van der Waals surface area contributed by atoms with E-state index in [9.17, 15) is 5.26 Å². The fourth-order valence-electron chi connectivity index (χ4n) is 9.59. The highest BCUT2D eigenvalue weighted by Gasteiger charge is 2.22. The Hall–Kier alpha value is -9.04. The molecule has 0 saturated heterocycles. The molecule has 4 heteroatoms. The van der Waals surface area contributed by atoms with Crippen LogP contribution < -0.4 is 0 Å². The molecule has 10 aromatic carbocycles. The highest BCUT2D eigenvalue weighted by molar-refractivity contribution is 6.15. The molecule has 1 heterocycles. The molecular weight excluding hydrogens is 801 g/mol. The van der Waals surface area contributed by atoms with Crippen LogP contribution in [0.15, 0.2) is 231 Å². The molecular formula is C62H38N4. The van der Waals surface area contributed by atoms with Crippen LogP contribution >= 0.6 is 0 Å². The largest absolute Gasteiger partial charge is 0.208 e. The minimum atomic E-state index is 0.577. The first-order chi connectivity index (χ1) is 32.7. The second kappa shape index (κ2) is 16.3. The van der Waals surface area contributed by atoms with Crippen molar-refractivity contribution in [1.82, 2.24) is 15.0 Å². The van der Waals surface area contributed by atoms with Crippen molar-refractivity contribution in [3.05, 3.63) is 236 Å². The zero-order valence-corrected chi connectivity index (χ0v) is 35.7. The number of nitrogens with zero attached hydrogens (tertiary/aromatic N) is 4. The zero-order chi connectivity index (χ0) is 44.0. The van der Waals surface area contributed by atoms with Crippen LogP contribution in [-0.2, 0) is 0 Å². The van der Waals surface area contributed by atoms with Gasteiger partial charge in [0.05, 0.1) is 11.6 Å². The second-order valence-corrected chi connectivity index (χ2v) is 16.6. The molecule has 1 aromatic heterocycles. The quantitative estimate of drug-likeness (QED) is 0.153. The first-order valence-electron chi connectivity index (χ1n) is 22.1. The summed E-state index contributed by atoms with van der Waals surface area (Å²) in [6.45, 7) is 0. The number of nitriles is 1. The maximum atomic E-state index is 10.6. The van der Waals surface area contributed by atoms with Gasteiger partial charge in [-0.2, -0.15) is 5.26 Å². The Morgan fingerprint density at radius 1 is 0.273 bits per heavy atom. The Kier molecular flexibility index (Phi) is 9.51. The Morgan fingerprint density at radius 2 is 0.758 bits per heavy atom. The maximum absolute atomic E-state index is 10.6. The number of aromatic nitrogens is 3. The van der Waals surface area contributed by atoms with Crippen LogP contribution in [0.4, 0.5) is 0 Å². The number of rotatable bonds is 8. The normalized spacial score (nSPS) is 11.3. The molecule has 306 valence electrons. The third kappa shape index (κ3) is 6.84. The zero-order valence-electron chi connectivity index (χ0n) is 35.7. The minimum Gasteiger partial charge on any atom is -0.208 e. The van der Waals surface area contributed by atoms with Crippen LogP contribution in [0.3, 0.4) is 0 Å². The lowest BCUT2D eigenvalue weighted by atomic mass is 9.88. The van der Waals surface area contributed by atoms with Crippen LogP contribution in [0.1, 0.15) is 5.56 Å². The van der Waals surface area contributed by atoms with Gasteiger partial charge in [-0.3, -0.25) is 0 Å². The van der Waals surface area contributed by atoms with Crippen molar-refractivity contribution in [2.24, 2.45) is 0 Å². The molecule has 0 fully saturated rings. The Labute approximate surface area is 383 Å². The molecule has 66 heavy (non-hydrogen) atoms. The first kappa shape index (κ1) is 38.6. The third-order valence-electron chi connectivity index (χ3n) is 12.7. The average molecular weight is 839 g/mol. The lowest BCUT2D eigenvalue weighted by molar-refractivity contribution is 1.07. The molecule has 0 saturated carbocycles. The van der Waals surface area contributed by atoms with Crippen LogP contribution in [0.25, 0.3) is 123 Å². The summed E-state index contributed by atoms with van der Waals surface area (Å²) in [5.74, 6) is 1.77. The van der Waals surface area contributed by atoms with Gasteiger partial charge in [-0.25, -0.2) is 15.0 Å². The van der Waals surface area contributed by atoms with Gasteiger partial charge in [-0.05, 0) is 107 Å². The van der Waals surface area contributed by atoms with Crippen molar-refractivity contribution < 1.29 is 0 Å². The molecule has 1 aliphatic rings. The van der Waals surface area contributed by atoms with Crippen molar-refractivity contribution in [2.45, 2.75) is 0 Å². The second-order valence-electron chi connectivity index (χ2n) is 16.6. The first-order valence-corrected chi connectivity index (χ1v) is 22.1. The Morgan fingerprint density at radius 3 is 1.52 bits per heavy atom. The molecule has 0 spiro atoms. The highest BCUT2D eigenvalue weighted by Crippen LogP contribution is 2.48. The molecule has 4 nitrogen and oxygen atoms in total. The van der Waals surface area contributed by atoms with Crippen molar-refractivity contribution >= 4 is 10.8 Å². The van der Waals surface area contributed by atoms with Gasteiger partial charge >= 0.3 is 0 Å². The van der Waals surface area contributed by atoms with Crippen molar-refractivity contribution in [2.75, 3.05) is 0 Å². The van der Waals surface area contributed by atoms with Gasteiger partial charge in [0.2, 0.25) is 0 Å². The van der Waals surface area contributed by atoms with E-state index >= 15 is 0 Å². The summed E-state index contributed by atoms with van der Waals surface area (Å²) in [5.41, 5.74) is 18.8. The topological polar surface area (TPSA) is 62.5 Å². The summed E-state index contributed by atoms with van der Waals surface area (Å²) in [5, 5.41) is 13.2. The molecule has 0 aliphatic heterocycles. The number of fused-ring (bicyclic) bond motifs is 3. The van der Waals surface area contributed by atoms with Gasteiger partial charge in [0.1, 0.15) is 0 Å². The van der Waals surface area contributed by atoms with Gasteiger partial charge in [0.15, 0.2) is 17.5 Å². The molecule has 0 amide bonds. The summed E-state index contributed by atoms with van der Waals surface area (Å²) in [6, 6.07) is 82.7. The molecule has 0 radical (unpaired) electrons. The highest BCUT2D eigenvalue weighted by atomic mass is 15.0. The predicted octanol–water partition coefficient (Wildman–Crippen LogP) is 15.9. The van der Waals surface area contributed by atoms with Gasteiger partial charge in [-0.1, -0.05) is 206 Å². The Balaban J connectivity index is 0.920. The lowest BCUT2D eigenvalue weighted by Gasteiger charge is -2.16. The van der Waals surface area contributed by atoms with E-state index in [-0.39, 0.29) is 0 Å². The molecule has 1 aliphatic carbocycles. The van der Waals surface area contributed by atoms with E-state index in [4.69, 9.17) is 15.0 Å². The molecule has 0 unspecified atom stereocenters. The van der Waals surface area contributed by atoms with Crippen molar-refractivity contribution in [3.8, 4) is 118 Å². The van der Waals surface area contributed by atoms with E-state index < -0.39 is 0 Å². The van der Waals surface area contributed by atoms with Crippen molar-refractivity contribution in [1.29, 1.82) is 5.26 Å². The number of benzene rings is 10. The van der Waals surface area contributed by atoms with Gasteiger partial charge in [-0.15, -0.1) is 0 Å². The summed E-state index contributed by atoms with van der Waals surface area (Å²) >= 11 is 0. The van der Waals surface area contributed by atoms with E-state index in [0.717, 1.165) is 66.8 Å². The third-order valence-corrected chi connectivity index (χ3v) is 12.7. The average Bonchev–Trinajstić information content (AvgIpc) is 3.73. The van der Waals surface area contributed by atoms with E-state index in [1.807, 2.05) is 60.7 Å². The van der Waals surface area contributed by atoms with E-state index in [2.05, 4.69) is 176 Å². The Bertz CT molecular complexity index is 3690.